The SMILES string of the molecule is COCCN(C)CCNCc1csc(C(=O)O)n1. The number of carboxylic acids is 1. The van der Waals surface area contributed by atoms with E-state index in [0.29, 0.717) is 6.54 Å². The minimum atomic E-state index is -0.967. The Morgan fingerprint density at radius 1 is 1.61 bits per heavy atom. The van der Waals surface area contributed by atoms with Crippen LogP contribution in [0.3, 0.4) is 0 Å². The van der Waals surface area contributed by atoms with Gasteiger partial charge in [-0.25, -0.2) is 9.78 Å². The second-order valence-corrected chi connectivity index (χ2v) is 4.78. The number of thiazole rings is 1. The third kappa shape index (κ3) is 5.54. The van der Waals surface area contributed by atoms with Gasteiger partial charge < -0.3 is 20.1 Å². The molecule has 0 unspecified atom stereocenters. The fourth-order valence-electron chi connectivity index (χ4n) is 1.33. The number of hydrogen-bond donors (Lipinski definition) is 2. The van der Waals surface area contributed by atoms with Crippen LogP contribution in [0.1, 0.15) is 15.5 Å². The lowest BCUT2D eigenvalue weighted by atomic mass is 10.4. The highest BCUT2D eigenvalue weighted by molar-refractivity contribution is 7.11. The van der Waals surface area contributed by atoms with E-state index in [-0.39, 0.29) is 5.01 Å². The zero-order valence-electron chi connectivity index (χ0n) is 10.7. The molecule has 0 aliphatic heterocycles. The Labute approximate surface area is 111 Å². The molecule has 0 saturated heterocycles. The van der Waals surface area contributed by atoms with Crippen molar-refractivity contribution in [2.24, 2.45) is 0 Å². The summed E-state index contributed by atoms with van der Waals surface area (Å²) in [5.41, 5.74) is 0.775. The highest BCUT2D eigenvalue weighted by atomic mass is 32.1. The smallest absolute Gasteiger partial charge is 0.365 e. The molecule has 1 aromatic rings. The zero-order chi connectivity index (χ0) is 13.4. The summed E-state index contributed by atoms with van der Waals surface area (Å²) in [7, 11) is 3.72. The molecule has 0 atom stereocenters. The van der Waals surface area contributed by atoms with E-state index in [0.717, 1.165) is 43.3 Å². The molecule has 0 spiro atoms. The van der Waals surface area contributed by atoms with Crippen LogP contribution in [0.15, 0.2) is 5.38 Å². The Bertz CT molecular complexity index is 370. The fraction of sp³-hybridized carbons (Fsp3) is 0.636. The number of aromatic carboxylic acids is 1. The number of rotatable bonds is 9. The Balaban J connectivity index is 2.15. The zero-order valence-corrected chi connectivity index (χ0v) is 11.5. The number of aromatic nitrogens is 1. The molecule has 6 nitrogen and oxygen atoms in total. The summed E-state index contributed by atoms with van der Waals surface area (Å²) in [4.78, 5) is 16.8. The molecular weight excluding hydrogens is 254 g/mol. The van der Waals surface area contributed by atoms with E-state index in [1.54, 1.807) is 12.5 Å². The largest absolute Gasteiger partial charge is 0.476 e. The monoisotopic (exact) mass is 273 g/mol. The Hall–Kier alpha value is -1.02. The molecule has 0 amide bonds. The van der Waals surface area contributed by atoms with Gasteiger partial charge in [0.1, 0.15) is 0 Å². The maximum absolute atomic E-state index is 10.6. The standard InChI is InChI=1S/C11H19N3O3S/c1-14(5-6-17-2)4-3-12-7-9-8-18-10(13-9)11(15)16/h8,12H,3-7H2,1-2H3,(H,15,16). The third-order valence-electron chi connectivity index (χ3n) is 2.39. The first-order valence-corrected chi connectivity index (χ1v) is 6.57. The van der Waals surface area contributed by atoms with Crippen LogP contribution in [0.5, 0.6) is 0 Å². The average Bonchev–Trinajstić information content (AvgIpc) is 2.81. The van der Waals surface area contributed by atoms with Gasteiger partial charge in [0.2, 0.25) is 5.01 Å². The van der Waals surface area contributed by atoms with Crippen LogP contribution in [0.25, 0.3) is 0 Å². The fourth-order valence-corrected chi connectivity index (χ4v) is 1.99. The van der Waals surface area contributed by atoms with E-state index in [2.05, 4.69) is 15.2 Å². The topological polar surface area (TPSA) is 74.7 Å². The molecule has 0 saturated carbocycles. The molecule has 1 heterocycles. The molecular formula is C11H19N3O3S. The first kappa shape index (κ1) is 15.0. The predicted molar refractivity (Wildman–Crippen MR) is 70.2 cm³/mol. The first-order chi connectivity index (χ1) is 8.63. The van der Waals surface area contributed by atoms with Crippen molar-refractivity contribution in [3.8, 4) is 0 Å². The molecule has 0 aliphatic carbocycles. The molecule has 18 heavy (non-hydrogen) atoms. The summed E-state index contributed by atoms with van der Waals surface area (Å²) in [6.07, 6.45) is 0. The van der Waals surface area contributed by atoms with Gasteiger partial charge in [-0.05, 0) is 7.05 Å². The van der Waals surface area contributed by atoms with Crippen molar-refractivity contribution in [1.29, 1.82) is 0 Å². The minimum Gasteiger partial charge on any atom is -0.476 e. The maximum Gasteiger partial charge on any atom is 0.365 e. The molecule has 102 valence electrons. The number of likely N-dealkylation sites (N-methyl/N-ethyl adjacent to an activating group) is 1. The second kappa shape index (κ2) is 8.15. The Morgan fingerprint density at radius 2 is 2.39 bits per heavy atom. The molecule has 0 fully saturated rings. The Kier molecular flexibility index (Phi) is 6.81. The van der Waals surface area contributed by atoms with E-state index < -0.39 is 5.97 Å². The Morgan fingerprint density at radius 3 is 3.00 bits per heavy atom. The van der Waals surface area contributed by atoms with E-state index in [9.17, 15) is 4.79 Å². The maximum atomic E-state index is 10.6. The second-order valence-electron chi connectivity index (χ2n) is 3.92. The van der Waals surface area contributed by atoms with E-state index in [1.165, 1.54) is 0 Å². The number of carbonyl (C=O) groups is 1. The number of nitrogens with zero attached hydrogens (tertiary/aromatic N) is 2. The van der Waals surface area contributed by atoms with Crippen molar-refractivity contribution in [1.82, 2.24) is 15.2 Å². The molecule has 2 N–H and O–H groups in total. The molecule has 7 heteroatoms. The van der Waals surface area contributed by atoms with Gasteiger partial charge in [-0.1, -0.05) is 0 Å². The van der Waals surface area contributed by atoms with Gasteiger partial charge >= 0.3 is 5.97 Å². The van der Waals surface area contributed by atoms with Crippen molar-refractivity contribution >= 4 is 17.3 Å². The van der Waals surface area contributed by atoms with Crippen molar-refractivity contribution in [2.75, 3.05) is 40.4 Å². The van der Waals surface area contributed by atoms with Crippen molar-refractivity contribution < 1.29 is 14.6 Å². The summed E-state index contributed by atoms with van der Waals surface area (Å²) in [5.74, 6) is -0.967. The molecule has 1 rings (SSSR count). The van der Waals surface area contributed by atoms with Crippen molar-refractivity contribution in [2.45, 2.75) is 6.54 Å². The summed E-state index contributed by atoms with van der Waals surface area (Å²) in [6.45, 7) is 3.98. The van der Waals surface area contributed by atoms with Gasteiger partial charge in [0.15, 0.2) is 0 Å². The average molecular weight is 273 g/mol. The number of carboxylic acid groups (broad SMARTS) is 1. The number of methoxy groups -OCH3 is 1. The lowest BCUT2D eigenvalue weighted by Crippen LogP contribution is -2.31. The van der Waals surface area contributed by atoms with Gasteiger partial charge in [-0.15, -0.1) is 11.3 Å². The lowest BCUT2D eigenvalue weighted by Gasteiger charge is -2.15. The van der Waals surface area contributed by atoms with Gasteiger partial charge in [0.05, 0.1) is 12.3 Å². The first-order valence-electron chi connectivity index (χ1n) is 5.69. The van der Waals surface area contributed by atoms with Crippen LogP contribution in [0, 0.1) is 0 Å². The lowest BCUT2D eigenvalue weighted by molar-refractivity contribution is 0.0696. The van der Waals surface area contributed by atoms with Gasteiger partial charge in [0.25, 0.3) is 0 Å². The third-order valence-corrected chi connectivity index (χ3v) is 3.27. The normalized spacial score (nSPS) is 11.1. The quantitative estimate of drug-likeness (QED) is 0.639. The molecule has 0 bridgehead atoms. The van der Waals surface area contributed by atoms with Crippen LogP contribution < -0.4 is 5.32 Å². The van der Waals surface area contributed by atoms with E-state index in [4.69, 9.17) is 9.84 Å². The van der Waals surface area contributed by atoms with Gasteiger partial charge in [0, 0.05) is 38.7 Å². The highest BCUT2D eigenvalue weighted by Crippen LogP contribution is 2.08. The number of nitrogens with one attached hydrogen (secondary N) is 1. The van der Waals surface area contributed by atoms with Crippen molar-refractivity contribution in [3.63, 3.8) is 0 Å². The van der Waals surface area contributed by atoms with Gasteiger partial charge in [-0.3, -0.25) is 0 Å². The minimum absolute atomic E-state index is 0.143. The summed E-state index contributed by atoms with van der Waals surface area (Å²) < 4.78 is 4.99. The van der Waals surface area contributed by atoms with Gasteiger partial charge in [-0.2, -0.15) is 0 Å². The summed E-state index contributed by atoms with van der Waals surface area (Å²) in [6, 6.07) is 0. The summed E-state index contributed by atoms with van der Waals surface area (Å²) in [5, 5.41) is 13.9. The van der Waals surface area contributed by atoms with E-state index >= 15 is 0 Å². The van der Waals surface area contributed by atoms with Crippen LogP contribution in [-0.2, 0) is 11.3 Å². The molecule has 1 aromatic heterocycles. The highest BCUT2D eigenvalue weighted by Gasteiger charge is 2.08. The molecule has 0 radical (unpaired) electrons. The molecule has 0 aliphatic rings. The number of ether oxygens (including phenoxy) is 1. The van der Waals surface area contributed by atoms with Crippen LogP contribution in [-0.4, -0.2) is 61.4 Å². The summed E-state index contributed by atoms with van der Waals surface area (Å²) >= 11 is 1.16. The number of hydrogen-bond acceptors (Lipinski definition) is 6. The van der Waals surface area contributed by atoms with Crippen LogP contribution in [0.4, 0.5) is 0 Å². The predicted octanol–water partition coefficient (Wildman–Crippen LogP) is 0.509. The van der Waals surface area contributed by atoms with Crippen LogP contribution >= 0.6 is 11.3 Å². The van der Waals surface area contributed by atoms with E-state index in [1.807, 2.05) is 7.05 Å². The van der Waals surface area contributed by atoms with Crippen molar-refractivity contribution in [3.05, 3.63) is 16.1 Å². The van der Waals surface area contributed by atoms with Crippen LogP contribution in [0.2, 0.25) is 0 Å². The molecule has 0 aromatic carbocycles.